The zero-order valence-corrected chi connectivity index (χ0v) is 9.51. The topological polar surface area (TPSA) is 42.1 Å². The molecule has 0 bridgehead atoms. The fraction of sp³-hybridized carbons (Fsp3) is 0.0714. The summed E-state index contributed by atoms with van der Waals surface area (Å²) >= 11 is 0. The number of benzene rings is 1. The minimum absolute atomic E-state index is 0.320. The van der Waals surface area contributed by atoms with E-state index in [9.17, 15) is 4.79 Å². The zero-order valence-electron chi connectivity index (χ0n) is 9.51. The van der Waals surface area contributed by atoms with E-state index in [0.717, 1.165) is 11.3 Å². The fourth-order valence-corrected chi connectivity index (χ4v) is 1.49. The highest BCUT2D eigenvalue weighted by Gasteiger charge is 2.03. The first-order valence-electron chi connectivity index (χ1n) is 5.34. The predicted octanol–water partition coefficient (Wildman–Crippen LogP) is 3.11. The number of aromatic nitrogens is 1. The van der Waals surface area contributed by atoms with Gasteiger partial charge in [0.05, 0.1) is 5.69 Å². The molecule has 0 spiro atoms. The number of ether oxygens (including phenoxy) is 1. The van der Waals surface area contributed by atoms with Crippen LogP contribution in [0.25, 0.3) is 12.2 Å². The molecular weight excluding hydrogens is 214 g/mol. The Morgan fingerprint density at radius 1 is 1.18 bits per heavy atom. The van der Waals surface area contributed by atoms with Gasteiger partial charge in [-0.1, -0.05) is 36.4 Å². The first-order valence-corrected chi connectivity index (χ1v) is 5.34. The van der Waals surface area contributed by atoms with E-state index in [-0.39, 0.29) is 5.97 Å². The second kappa shape index (κ2) is 5.16. The molecule has 0 saturated carbocycles. The zero-order chi connectivity index (χ0) is 12.1. The summed E-state index contributed by atoms with van der Waals surface area (Å²) in [6.07, 6.45) is 5.58. The van der Waals surface area contributed by atoms with Crippen molar-refractivity contribution in [1.29, 1.82) is 0 Å². The van der Waals surface area contributed by atoms with Crippen LogP contribution in [0.1, 0.15) is 18.2 Å². The molecule has 1 aromatic carbocycles. The second-order valence-corrected chi connectivity index (χ2v) is 3.59. The van der Waals surface area contributed by atoms with Crippen molar-refractivity contribution in [2.75, 3.05) is 0 Å². The van der Waals surface area contributed by atoms with Crippen LogP contribution in [-0.4, -0.2) is 11.0 Å². The van der Waals surface area contributed by atoms with Gasteiger partial charge >= 0.3 is 5.97 Å². The highest BCUT2D eigenvalue weighted by atomic mass is 16.5. The van der Waals surface area contributed by atoms with Crippen LogP contribution in [0.5, 0.6) is 5.75 Å². The van der Waals surface area contributed by atoms with Gasteiger partial charge in [-0.05, 0) is 17.7 Å². The average molecular weight is 227 g/mol. The molecule has 17 heavy (non-hydrogen) atoms. The highest BCUT2D eigenvalue weighted by molar-refractivity contribution is 5.74. The summed E-state index contributed by atoms with van der Waals surface area (Å²) < 4.78 is 5.05. The summed E-state index contributed by atoms with van der Waals surface area (Å²) in [5.41, 5.74) is 1.87. The van der Waals surface area contributed by atoms with Gasteiger partial charge in [0, 0.05) is 13.1 Å². The molecule has 0 atom stereocenters. The Hall–Kier alpha value is -2.29. The van der Waals surface area contributed by atoms with Gasteiger partial charge in [0.2, 0.25) is 0 Å². The van der Waals surface area contributed by atoms with Crippen molar-refractivity contribution < 1.29 is 9.53 Å². The quantitative estimate of drug-likeness (QED) is 0.818. The fourth-order valence-electron chi connectivity index (χ4n) is 1.49. The van der Waals surface area contributed by atoms with Crippen LogP contribution in [0.4, 0.5) is 0 Å². The van der Waals surface area contributed by atoms with E-state index in [2.05, 4.69) is 4.98 Å². The number of nitrogens with one attached hydrogen (secondary N) is 1. The van der Waals surface area contributed by atoms with Gasteiger partial charge in [-0.3, -0.25) is 4.79 Å². The minimum atomic E-state index is -0.320. The van der Waals surface area contributed by atoms with E-state index in [1.807, 2.05) is 42.5 Å². The van der Waals surface area contributed by atoms with Gasteiger partial charge in [0.25, 0.3) is 0 Å². The third-order valence-corrected chi connectivity index (χ3v) is 2.23. The molecule has 2 rings (SSSR count). The lowest BCUT2D eigenvalue weighted by Crippen LogP contribution is -2.01. The van der Waals surface area contributed by atoms with Crippen molar-refractivity contribution in [3.05, 3.63) is 53.9 Å². The van der Waals surface area contributed by atoms with Crippen LogP contribution in [0.15, 0.2) is 42.6 Å². The Labute approximate surface area is 99.7 Å². The average Bonchev–Trinajstić information content (AvgIpc) is 2.74. The van der Waals surface area contributed by atoms with E-state index in [0.29, 0.717) is 5.75 Å². The Morgan fingerprint density at radius 3 is 2.65 bits per heavy atom. The van der Waals surface area contributed by atoms with Crippen molar-refractivity contribution >= 4 is 18.1 Å². The minimum Gasteiger partial charge on any atom is -0.424 e. The molecule has 0 radical (unpaired) electrons. The number of esters is 1. The molecule has 0 aliphatic rings. The number of carbonyl (C=O) groups is 1. The monoisotopic (exact) mass is 227 g/mol. The van der Waals surface area contributed by atoms with Crippen molar-refractivity contribution in [2.24, 2.45) is 0 Å². The van der Waals surface area contributed by atoms with Crippen LogP contribution in [0.2, 0.25) is 0 Å². The Kier molecular flexibility index (Phi) is 3.40. The molecule has 1 aromatic heterocycles. The molecule has 0 aliphatic heterocycles. The molecular formula is C14H13NO2. The van der Waals surface area contributed by atoms with Gasteiger partial charge in [-0.15, -0.1) is 0 Å². The Balaban J connectivity index is 2.16. The molecule has 0 fully saturated rings. The summed E-state index contributed by atoms with van der Waals surface area (Å²) in [5.74, 6) is 0.226. The molecule has 1 heterocycles. The Bertz CT molecular complexity index is 526. The maximum Gasteiger partial charge on any atom is 0.308 e. The number of rotatable bonds is 3. The molecule has 0 amide bonds. The predicted molar refractivity (Wildman–Crippen MR) is 67.5 cm³/mol. The number of aromatic amines is 1. The molecule has 86 valence electrons. The first kappa shape index (κ1) is 11.2. The van der Waals surface area contributed by atoms with Crippen molar-refractivity contribution in [1.82, 2.24) is 4.98 Å². The lowest BCUT2D eigenvalue weighted by Gasteiger charge is -1.99. The van der Waals surface area contributed by atoms with Crippen molar-refractivity contribution in [3.63, 3.8) is 0 Å². The maximum atomic E-state index is 10.9. The van der Waals surface area contributed by atoms with Crippen LogP contribution < -0.4 is 4.74 Å². The van der Waals surface area contributed by atoms with Crippen molar-refractivity contribution in [2.45, 2.75) is 6.92 Å². The smallest absolute Gasteiger partial charge is 0.308 e. The number of H-pyrrole nitrogens is 1. The Morgan fingerprint density at radius 2 is 1.94 bits per heavy atom. The van der Waals surface area contributed by atoms with E-state index < -0.39 is 0 Å². The summed E-state index contributed by atoms with van der Waals surface area (Å²) in [7, 11) is 0. The van der Waals surface area contributed by atoms with Crippen LogP contribution in [-0.2, 0) is 4.79 Å². The van der Waals surface area contributed by atoms with E-state index >= 15 is 0 Å². The lowest BCUT2D eigenvalue weighted by molar-refractivity contribution is -0.131. The van der Waals surface area contributed by atoms with Gasteiger partial charge < -0.3 is 9.72 Å². The van der Waals surface area contributed by atoms with Crippen LogP contribution in [0, 0.1) is 0 Å². The standard InChI is InChI=1S/C14H13NO2/c1-11(16)17-14-9-10-15-13(14)8-7-12-5-3-2-4-6-12/h2-10,15H,1H3. The summed E-state index contributed by atoms with van der Waals surface area (Å²) in [5, 5.41) is 0. The number of hydrogen-bond donors (Lipinski definition) is 1. The van der Waals surface area contributed by atoms with Crippen molar-refractivity contribution in [3.8, 4) is 5.75 Å². The maximum absolute atomic E-state index is 10.9. The SMILES string of the molecule is CC(=O)Oc1cc[nH]c1C=Cc1ccccc1. The molecule has 0 saturated heterocycles. The first-order chi connectivity index (χ1) is 8.25. The van der Waals surface area contributed by atoms with E-state index in [1.165, 1.54) is 6.92 Å². The van der Waals surface area contributed by atoms with Gasteiger partial charge in [0.15, 0.2) is 5.75 Å². The normalized spacial score (nSPS) is 10.6. The summed E-state index contributed by atoms with van der Waals surface area (Å²) in [6, 6.07) is 11.7. The number of carbonyl (C=O) groups excluding carboxylic acids is 1. The molecule has 0 unspecified atom stereocenters. The molecule has 2 aromatic rings. The third-order valence-electron chi connectivity index (χ3n) is 2.23. The van der Waals surface area contributed by atoms with Crippen LogP contribution in [0.3, 0.4) is 0 Å². The van der Waals surface area contributed by atoms with Gasteiger partial charge in [-0.2, -0.15) is 0 Å². The second-order valence-electron chi connectivity index (χ2n) is 3.59. The summed E-state index contributed by atoms with van der Waals surface area (Å²) in [4.78, 5) is 13.9. The van der Waals surface area contributed by atoms with Gasteiger partial charge in [0.1, 0.15) is 0 Å². The molecule has 3 nitrogen and oxygen atoms in total. The van der Waals surface area contributed by atoms with E-state index in [1.54, 1.807) is 12.3 Å². The number of hydrogen-bond acceptors (Lipinski definition) is 2. The van der Waals surface area contributed by atoms with E-state index in [4.69, 9.17) is 4.74 Å². The summed E-state index contributed by atoms with van der Waals surface area (Å²) in [6.45, 7) is 1.39. The van der Waals surface area contributed by atoms with Crippen LogP contribution >= 0.6 is 0 Å². The largest absolute Gasteiger partial charge is 0.424 e. The third kappa shape index (κ3) is 3.08. The van der Waals surface area contributed by atoms with Gasteiger partial charge in [-0.25, -0.2) is 0 Å². The lowest BCUT2D eigenvalue weighted by atomic mass is 10.2. The molecule has 3 heteroatoms. The molecule has 1 N–H and O–H groups in total. The highest BCUT2D eigenvalue weighted by Crippen LogP contribution is 2.19. The molecule has 0 aliphatic carbocycles.